The number of H-pyrrole nitrogens is 1. The van der Waals surface area contributed by atoms with E-state index in [-0.39, 0.29) is 64.0 Å². The van der Waals surface area contributed by atoms with E-state index in [1.807, 2.05) is 0 Å². The number of nitrogen functional groups attached to an aromatic ring is 1. The molecule has 1 atom stereocenters. The highest BCUT2D eigenvalue weighted by atomic mass is 16.4. The lowest BCUT2D eigenvalue weighted by Crippen LogP contribution is -2.41. The van der Waals surface area contributed by atoms with Gasteiger partial charge in [-0.3, -0.25) is 19.4 Å². The quantitative estimate of drug-likeness (QED) is 0.164. The zero-order chi connectivity index (χ0) is 23.3. The van der Waals surface area contributed by atoms with E-state index >= 15 is 0 Å². The summed E-state index contributed by atoms with van der Waals surface area (Å²) in [6.45, 7) is 0.231. The minimum absolute atomic E-state index is 0. The van der Waals surface area contributed by atoms with Gasteiger partial charge in [-0.05, 0) is 30.7 Å². The van der Waals surface area contributed by atoms with Crippen LogP contribution in [0.25, 0.3) is 11.2 Å². The first kappa shape index (κ1) is 33.5. The number of nitrogens with one attached hydrogen (secondary N) is 3. The van der Waals surface area contributed by atoms with Crippen molar-refractivity contribution in [2.75, 3.05) is 11.1 Å². The van der Waals surface area contributed by atoms with E-state index in [9.17, 15) is 19.2 Å². The van der Waals surface area contributed by atoms with Crippen molar-refractivity contribution in [3.05, 3.63) is 52.1 Å². The van der Waals surface area contributed by atoms with Crippen molar-refractivity contribution in [2.24, 2.45) is 0 Å². The molecule has 17 heteroatoms. The monoisotopic (exact) mass is 513 g/mol. The molecule has 1 unspecified atom stereocenters. The van der Waals surface area contributed by atoms with Crippen LogP contribution in [0.4, 0.5) is 11.6 Å². The molecular weight excluding hydrogens is 486 g/mol. The molecule has 0 aliphatic carbocycles. The molecule has 17 nitrogen and oxygen atoms in total. The molecule has 0 saturated heterocycles. The number of carboxylic acid groups (broad SMARTS) is 2. The average molecular weight is 513 g/mol. The summed E-state index contributed by atoms with van der Waals surface area (Å²) in [5, 5.41) is 23.2. The smallest absolute Gasteiger partial charge is 0.326 e. The molecule has 0 saturated carbocycles. The average Bonchev–Trinajstić information content (AvgIpc) is 2.75. The standard InChI is InChI=1S/C19H19N7O6.4H2O/c20-19-25-15-14(17(30)26-19)23-11(8-22-15)7-21-10-3-1-9(2-4-10)16(29)24-12(18(31)32)5-6-13(27)28;;;;/h1-4,8,12,21H,5-7H2,(H,24,29)(H,27,28)(H,31,32)(H3,20,22,25,26,30);4*1H2. The van der Waals surface area contributed by atoms with Gasteiger partial charge in [0.25, 0.3) is 11.5 Å². The van der Waals surface area contributed by atoms with Crippen LogP contribution in [0.15, 0.2) is 35.3 Å². The number of aromatic amines is 1. The maximum Gasteiger partial charge on any atom is 0.326 e. The summed E-state index contributed by atoms with van der Waals surface area (Å²) in [6, 6.07) is 4.86. The van der Waals surface area contributed by atoms with E-state index in [4.69, 9.17) is 15.9 Å². The highest BCUT2D eigenvalue weighted by Gasteiger charge is 2.21. The number of fused-ring (bicyclic) bond motifs is 1. The summed E-state index contributed by atoms with van der Waals surface area (Å²) in [4.78, 5) is 60.6. The molecule has 1 amide bonds. The van der Waals surface area contributed by atoms with Crippen LogP contribution in [0, 0.1) is 0 Å². The first-order valence-electron chi connectivity index (χ1n) is 9.33. The van der Waals surface area contributed by atoms with Gasteiger partial charge >= 0.3 is 11.9 Å². The van der Waals surface area contributed by atoms with Crippen molar-refractivity contribution in [2.45, 2.75) is 25.4 Å². The van der Waals surface area contributed by atoms with Gasteiger partial charge in [-0.25, -0.2) is 14.8 Å². The Hall–Kier alpha value is -4.71. The molecule has 3 rings (SSSR count). The summed E-state index contributed by atoms with van der Waals surface area (Å²) < 4.78 is 0. The van der Waals surface area contributed by atoms with Crippen LogP contribution in [0.3, 0.4) is 0 Å². The van der Waals surface area contributed by atoms with Gasteiger partial charge in [-0.1, -0.05) is 0 Å². The predicted octanol–water partition coefficient (Wildman–Crippen LogP) is -3.34. The Morgan fingerprint density at radius 1 is 1.03 bits per heavy atom. The molecule has 2 aromatic heterocycles. The Morgan fingerprint density at radius 3 is 2.25 bits per heavy atom. The number of nitrogens with zero attached hydrogens (tertiary/aromatic N) is 3. The van der Waals surface area contributed by atoms with Crippen LogP contribution in [-0.4, -0.2) is 75.9 Å². The Bertz CT molecular complexity index is 1230. The molecular formula is C19H27N7O10. The van der Waals surface area contributed by atoms with E-state index in [0.717, 1.165) is 0 Å². The van der Waals surface area contributed by atoms with Crippen molar-refractivity contribution >= 4 is 40.6 Å². The lowest BCUT2D eigenvalue weighted by Gasteiger charge is -2.14. The summed E-state index contributed by atoms with van der Waals surface area (Å²) >= 11 is 0. The molecule has 1 aromatic carbocycles. The molecule has 0 aliphatic heterocycles. The Labute approximate surface area is 201 Å². The largest absolute Gasteiger partial charge is 0.481 e. The van der Waals surface area contributed by atoms with Crippen LogP contribution < -0.4 is 21.9 Å². The van der Waals surface area contributed by atoms with Gasteiger partial charge < -0.3 is 48.5 Å². The lowest BCUT2D eigenvalue weighted by molar-refractivity contribution is -0.140. The Kier molecular flexibility index (Phi) is 13.5. The van der Waals surface area contributed by atoms with E-state index in [0.29, 0.717) is 11.4 Å². The van der Waals surface area contributed by atoms with Crippen LogP contribution >= 0.6 is 0 Å². The first-order valence-corrected chi connectivity index (χ1v) is 9.33. The molecule has 0 aliphatic rings. The number of aliphatic carboxylic acids is 2. The fraction of sp³-hybridized carbons (Fsp3) is 0.211. The van der Waals surface area contributed by atoms with Crippen LogP contribution in [0.5, 0.6) is 0 Å². The molecule has 0 spiro atoms. The first-order chi connectivity index (χ1) is 15.2. The Balaban J connectivity index is 0. The molecule has 2 heterocycles. The zero-order valence-corrected chi connectivity index (χ0v) is 18.5. The summed E-state index contributed by atoms with van der Waals surface area (Å²) in [5.74, 6) is -3.16. The number of benzene rings is 1. The third-order valence-corrected chi connectivity index (χ3v) is 4.36. The highest BCUT2D eigenvalue weighted by Crippen LogP contribution is 2.12. The highest BCUT2D eigenvalue weighted by molar-refractivity contribution is 5.96. The van der Waals surface area contributed by atoms with Crippen molar-refractivity contribution in [3.8, 4) is 0 Å². The van der Waals surface area contributed by atoms with Crippen molar-refractivity contribution in [1.82, 2.24) is 25.3 Å². The third kappa shape index (κ3) is 8.57. The molecule has 36 heavy (non-hydrogen) atoms. The number of anilines is 2. The fourth-order valence-electron chi connectivity index (χ4n) is 2.75. The van der Waals surface area contributed by atoms with Crippen molar-refractivity contribution in [3.63, 3.8) is 0 Å². The van der Waals surface area contributed by atoms with E-state index < -0.39 is 29.4 Å². The third-order valence-electron chi connectivity index (χ3n) is 4.36. The van der Waals surface area contributed by atoms with Crippen LogP contribution in [0.2, 0.25) is 0 Å². The molecule has 3 aromatic rings. The molecule has 198 valence electrons. The van der Waals surface area contributed by atoms with Gasteiger partial charge in [0.15, 0.2) is 11.2 Å². The van der Waals surface area contributed by atoms with Crippen LogP contribution in [0.1, 0.15) is 28.9 Å². The number of carbonyl (C=O) groups excluding carboxylic acids is 1. The normalized spacial score (nSPS) is 10.3. The van der Waals surface area contributed by atoms with E-state index in [2.05, 4.69) is 30.6 Å². The molecule has 0 bridgehead atoms. The zero-order valence-electron chi connectivity index (χ0n) is 18.5. The van der Waals surface area contributed by atoms with E-state index in [1.165, 1.54) is 18.3 Å². The van der Waals surface area contributed by atoms with Gasteiger partial charge in [0.2, 0.25) is 5.95 Å². The molecule has 0 radical (unpaired) electrons. The van der Waals surface area contributed by atoms with Gasteiger partial charge in [0.1, 0.15) is 6.04 Å². The minimum Gasteiger partial charge on any atom is -0.481 e. The van der Waals surface area contributed by atoms with Gasteiger partial charge in [0, 0.05) is 17.7 Å². The predicted molar refractivity (Wildman–Crippen MR) is 126 cm³/mol. The summed E-state index contributed by atoms with van der Waals surface area (Å²) in [5.41, 5.74) is 6.47. The second kappa shape index (κ2) is 14.5. The van der Waals surface area contributed by atoms with E-state index in [1.54, 1.807) is 12.1 Å². The minimum atomic E-state index is -1.31. The fourth-order valence-corrected chi connectivity index (χ4v) is 2.75. The second-order valence-corrected chi connectivity index (χ2v) is 6.71. The van der Waals surface area contributed by atoms with Gasteiger partial charge in [-0.2, -0.15) is 4.98 Å². The number of amides is 1. The molecule has 15 N–H and O–H groups in total. The van der Waals surface area contributed by atoms with Gasteiger partial charge in [-0.15, -0.1) is 0 Å². The van der Waals surface area contributed by atoms with Crippen molar-refractivity contribution in [1.29, 1.82) is 0 Å². The number of rotatable bonds is 9. The number of carbonyl (C=O) groups is 3. The Morgan fingerprint density at radius 2 is 1.67 bits per heavy atom. The van der Waals surface area contributed by atoms with Crippen LogP contribution in [-0.2, 0) is 16.1 Å². The maximum atomic E-state index is 12.3. The second-order valence-electron chi connectivity index (χ2n) is 6.71. The number of aromatic nitrogens is 4. The number of nitrogens with two attached hydrogens (primary N) is 1. The topological polar surface area (TPSA) is 339 Å². The van der Waals surface area contributed by atoms with Crippen molar-refractivity contribution < 1.29 is 46.5 Å². The number of carboxylic acids is 2. The number of hydrogen-bond acceptors (Lipinski definition) is 9. The lowest BCUT2D eigenvalue weighted by atomic mass is 10.1. The maximum absolute atomic E-state index is 12.3. The summed E-state index contributed by atoms with van der Waals surface area (Å²) in [6.07, 6.45) is 0.840. The SMILES string of the molecule is Nc1nc2ncc(CNc3ccc(C(=O)NC(CCC(=O)O)C(=O)O)cc3)nc2c(=O)[nH]1.O.O.O.O. The molecule has 0 fully saturated rings. The number of hydrogen-bond donors (Lipinski definition) is 6. The summed E-state index contributed by atoms with van der Waals surface area (Å²) in [7, 11) is 0. The van der Waals surface area contributed by atoms with Gasteiger partial charge in [0.05, 0.1) is 18.4 Å².